The van der Waals surface area contributed by atoms with Gasteiger partial charge in [-0.1, -0.05) is 36.4 Å². The molecule has 0 aliphatic rings. The molecular weight excluding hydrogens is 332 g/mol. The Morgan fingerprint density at radius 3 is 2.38 bits per heavy atom. The van der Waals surface area contributed by atoms with Crippen molar-refractivity contribution < 1.29 is 22.7 Å². The number of esters is 1. The van der Waals surface area contributed by atoms with Gasteiger partial charge >= 0.3 is 5.97 Å². The fraction of sp³-hybridized carbons (Fsp3) is 0.0625. The van der Waals surface area contributed by atoms with Crippen LogP contribution in [0.3, 0.4) is 0 Å². The Bertz CT molecular complexity index is 876. The molecule has 0 fully saturated rings. The highest BCUT2D eigenvalue weighted by molar-refractivity contribution is 7.93. The van der Waals surface area contributed by atoms with E-state index in [-0.39, 0.29) is 11.4 Å². The summed E-state index contributed by atoms with van der Waals surface area (Å²) in [7, 11) is -2.83. The van der Waals surface area contributed by atoms with Crippen LogP contribution in [0.5, 0.6) is 0 Å². The number of rotatable bonds is 5. The van der Waals surface area contributed by atoms with Crippen LogP contribution >= 0.6 is 0 Å². The van der Waals surface area contributed by atoms with Crippen LogP contribution in [0.15, 0.2) is 53.9 Å². The van der Waals surface area contributed by atoms with Crippen molar-refractivity contribution in [2.45, 2.75) is 0 Å². The number of hydrogen-bond donors (Lipinski definition) is 1. The van der Waals surface area contributed by atoms with E-state index in [1.54, 1.807) is 30.3 Å². The van der Waals surface area contributed by atoms with Gasteiger partial charge in [0.05, 0.1) is 12.5 Å². The maximum Gasteiger partial charge on any atom is 0.356 e. The summed E-state index contributed by atoms with van der Waals surface area (Å²) in [5.74, 6) is -1.67. The van der Waals surface area contributed by atoms with E-state index in [1.165, 1.54) is 31.4 Å². The van der Waals surface area contributed by atoms with E-state index in [2.05, 4.69) is 9.72 Å². The van der Waals surface area contributed by atoms with E-state index in [0.29, 0.717) is 5.56 Å². The predicted molar refractivity (Wildman–Crippen MR) is 87.4 cm³/mol. The van der Waals surface area contributed by atoms with Crippen molar-refractivity contribution in [3.8, 4) is 0 Å². The largest absolute Gasteiger partial charge is 0.464 e. The van der Waals surface area contributed by atoms with Gasteiger partial charge in [-0.05, 0) is 23.8 Å². The maximum absolute atomic E-state index is 12.0. The molecule has 7 nitrogen and oxygen atoms in total. The van der Waals surface area contributed by atoms with Crippen molar-refractivity contribution in [1.82, 2.24) is 9.71 Å². The zero-order valence-corrected chi connectivity index (χ0v) is 13.5. The number of carbonyl (C=O) groups is 2. The Kier molecular flexibility index (Phi) is 5.43. The van der Waals surface area contributed by atoms with Gasteiger partial charge in [-0.3, -0.25) is 4.79 Å². The molecule has 2 rings (SSSR count). The maximum atomic E-state index is 12.0. The zero-order chi connectivity index (χ0) is 17.6. The second-order valence-electron chi connectivity index (χ2n) is 4.59. The fourth-order valence-corrected chi connectivity index (χ4v) is 2.49. The molecule has 0 radical (unpaired) electrons. The van der Waals surface area contributed by atoms with Gasteiger partial charge in [-0.25, -0.2) is 22.9 Å². The summed E-state index contributed by atoms with van der Waals surface area (Å²) in [6.07, 6.45) is 1.36. The summed E-state index contributed by atoms with van der Waals surface area (Å²) in [4.78, 5) is 27.2. The molecule has 8 heteroatoms. The molecule has 0 atom stereocenters. The SMILES string of the molecule is COC(=O)c1cccc(C(=O)NS(=O)(=O)C=Cc2ccccc2)n1. The summed E-state index contributed by atoms with van der Waals surface area (Å²) in [5, 5.41) is 0.879. The lowest BCUT2D eigenvalue weighted by Crippen LogP contribution is -2.29. The highest BCUT2D eigenvalue weighted by atomic mass is 32.2. The van der Waals surface area contributed by atoms with Crippen molar-refractivity contribution >= 4 is 28.0 Å². The number of methoxy groups -OCH3 is 1. The lowest BCUT2D eigenvalue weighted by molar-refractivity contribution is 0.0594. The monoisotopic (exact) mass is 346 g/mol. The third-order valence-corrected chi connectivity index (χ3v) is 3.81. The number of carbonyl (C=O) groups excluding carboxylic acids is 2. The minimum Gasteiger partial charge on any atom is -0.464 e. The number of hydrogen-bond acceptors (Lipinski definition) is 6. The van der Waals surface area contributed by atoms with Gasteiger partial charge in [0.2, 0.25) is 0 Å². The lowest BCUT2D eigenvalue weighted by Gasteiger charge is -2.04. The topological polar surface area (TPSA) is 102 Å². The molecule has 1 aromatic heterocycles. The lowest BCUT2D eigenvalue weighted by atomic mass is 10.2. The predicted octanol–water partition coefficient (Wildman–Crippen LogP) is 1.60. The summed E-state index contributed by atoms with van der Waals surface area (Å²) >= 11 is 0. The molecule has 24 heavy (non-hydrogen) atoms. The quantitative estimate of drug-likeness (QED) is 0.825. The van der Waals surface area contributed by atoms with Crippen LogP contribution in [0, 0.1) is 0 Å². The molecule has 0 unspecified atom stereocenters. The van der Waals surface area contributed by atoms with E-state index < -0.39 is 21.9 Å². The molecular formula is C16H14N2O5S. The van der Waals surface area contributed by atoms with Crippen LogP contribution in [0.2, 0.25) is 0 Å². The second-order valence-corrected chi connectivity index (χ2v) is 6.16. The van der Waals surface area contributed by atoms with E-state index in [9.17, 15) is 18.0 Å². The first-order valence-corrected chi connectivity index (χ1v) is 8.31. The number of benzene rings is 1. The number of ether oxygens (including phenoxy) is 1. The van der Waals surface area contributed by atoms with Gasteiger partial charge in [-0.15, -0.1) is 0 Å². The molecule has 0 aliphatic heterocycles. The minimum absolute atomic E-state index is 0.0950. The number of amides is 1. The standard InChI is InChI=1S/C16H14N2O5S/c1-23-16(20)14-9-5-8-13(17-14)15(19)18-24(21,22)11-10-12-6-3-2-4-7-12/h2-11H,1H3,(H,18,19). The molecule has 1 aromatic carbocycles. The van der Waals surface area contributed by atoms with Crippen LogP contribution in [0.1, 0.15) is 26.5 Å². The first kappa shape index (κ1) is 17.4. The number of pyridine rings is 1. The fourth-order valence-electron chi connectivity index (χ4n) is 1.73. The van der Waals surface area contributed by atoms with Crippen molar-refractivity contribution in [3.63, 3.8) is 0 Å². The van der Waals surface area contributed by atoms with E-state index in [4.69, 9.17) is 0 Å². The first-order chi connectivity index (χ1) is 11.4. The van der Waals surface area contributed by atoms with Crippen LogP contribution in [0.25, 0.3) is 6.08 Å². The molecule has 0 saturated carbocycles. The Hall–Kier alpha value is -3.00. The zero-order valence-electron chi connectivity index (χ0n) is 12.7. The molecule has 124 valence electrons. The normalized spacial score (nSPS) is 11.2. The van der Waals surface area contributed by atoms with Crippen LogP contribution < -0.4 is 4.72 Å². The third-order valence-electron chi connectivity index (χ3n) is 2.85. The van der Waals surface area contributed by atoms with E-state index in [0.717, 1.165) is 5.41 Å². The van der Waals surface area contributed by atoms with Crippen molar-refractivity contribution in [2.75, 3.05) is 7.11 Å². The molecule has 1 N–H and O–H groups in total. The molecule has 1 heterocycles. The third kappa shape index (κ3) is 4.75. The second kappa shape index (κ2) is 7.51. The molecule has 0 bridgehead atoms. The number of nitrogens with one attached hydrogen (secondary N) is 1. The molecule has 0 aliphatic carbocycles. The Balaban J connectivity index is 2.13. The summed E-state index contributed by atoms with van der Waals surface area (Å²) < 4.78 is 30.2. The van der Waals surface area contributed by atoms with Crippen LogP contribution in [-0.2, 0) is 14.8 Å². The summed E-state index contributed by atoms with van der Waals surface area (Å²) in [5.41, 5.74) is 0.359. The highest BCUT2D eigenvalue weighted by Crippen LogP contribution is 2.05. The van der Waals surface area contributed by atoms with Gasteiger partial charge in [0.25, 0.3) is 15.9 Å². The van der Waals surface area contributed by atoms with E-state index >= 15 is 0 Å². The van der Waals surface area contributed by atoms with Gasteiger partial charge in [-0.2, -0.15) is 0 Å². The minimum atomic E-state index is -4.00. The summed E-state index contributed by atoms with van der Waals surface area (Å²) in [6, 6.07) is 12.8. The summed E-state index contributed by atoms with van der Waals surface area (Å²) in [6.45, 7) is 0. The Morgan fingerprint density at radius 1 is 1.04 bits per heavy atom. The average Bonchev–Trinajstić information content (AvgIpc) is 2.60. The van der Waals surface area contributed by atoms with Gasteiger partial charge in [0, 0.05) is 0 Å². The van der Waals surface area contributed by atoms with Gasteiger partial charge < -0.3 is 4.74 Å². The molecule has 2 aromatic rings. The molecule has 0 saturated heterocycles. The van der Waals surface area contributed by atoms with Gasteiger partial charge in [0.15, 0.2) is 0 Å². The number of sulfonamides is 1. The van der Waals surface area contributed by atoms with Crippen molar-refractivity contribution in [3.05, 3.63) is 70.9 Å². The number of aromatic nitrogens is 1. The molecule has 0 spiro atoms. The Morgan fingerprint density at radius 2 is 1.71 bits per heavy atom. The van der Waals surface area contributed by atoms with Crippen LogP contribution in [-0.4, -0.2) is 32.4 Å². The first-order valence-electron chi connectivity index (χ1n) is 6.77. The highest BCUT2D eigenvalue weighted by Gasteiger charge is 2.16. The van der Waals surface area contributed by atoms with E-state index in [1.807, 2.05) is 4.72 Å². The average molecular weight is 346 g/mol. The number of nitrogens with zero attached hydrogens (tertiary/aromatic N) is 1. The molecule has 1 amide bonds. The smallest absolute Gasteiger partial charge is 0.356 e. The Labute approximate surface area is 139 Å². The van der Waals surface area contributed by atoms with Crippen LogP contribution in [0.4, 0.5) is 0 Å². The van der Waals surface area contributed by atoms with Gasteiger partial charge in [0.1, 0.15) is 11.4 Å². The van der Waals surface area contributed by atoms with Crippen molar-refractivity contribution in [1.29, 1.82) is 0 Å². The van der Waals surface area contributed by atoms with Crippen molar-refractivity contribution in [2.24, 2.45) is 0 Å².